The predicted molar refractivity (Wildman–Crippen MR) is 74.9 cm³/mol. The Kier molecular flexibility index (Phi) is 2.52. The molecule has 3 aromatic rings. The molecule has 0 fully saturated rings. The summed E-state index contributed by atoms with van der Waals surface area (Å²) in [5.74, 6) is 0.120. The van der Waals surface area contributed by atoms with Crippen molar-refractivity contribution in [1.82, 2.24) is 9.55 Å². The summed E-state index contributed by atoms with van der Waals surface area (Å²) in [5.41, 5.74) is 10.1. The number of nitrogens with two attached hydrogens (primary N) is 1. The predicted octanol–water partition coefficient (Wildman–Crippen LogP) is 3.36. The van der Waals surface area contributed by atoms with Gasteiger partial charge >= 0.3 is 0 Å². The Labute approximate surface area is 110 Å². The largest absolute Gasteiger partial charge is 0.369 e. The van der Waals surface area contributed by atoms with E-state index in [-0.39, 0.29) is 5.82 Å². The second kappa shape index (κ2) is 4.09. The van der Waals surface area contributed by atoms with Gasteiger partial charge in [-0.25, -0.2) is 9.37 Å². The fourth-order valence-corrected chi connectivity index (χ4v) is 2.20. The zero-order valence-electron chi connectivity index (χ0n) is 10.8. The molecular formula is C15H14FN3. The van der Waals surface area contributed by atoms with Crippen LogP contribution in [0.15, 0.2) is 36.4 Å². The number of aromatic nitrogens is 2. The Morgan fingerprint density at radius 2 is 1.89 bits per heavy atom. The number of benzene rings is 2. The van der Waals surface area contributed by atoms with Gasteiger partial charge in [-0.05, 0) is 49.2 Å². The van der Waals surface area contributed by atoms with Gasteiger partial charge in [0.25, 0.3) is 0 Å². The molecule has 0 aliphatic carbocycles. The van der Waals surface area contributed by atoms with Gasteiger partial charge in [-0.1, -0.05) is 12.1 Å². The Morgan fingerprint density at radius 3 is 2.63 bits per heavy atom. The van der Waals surface area contributed by atoms with E-state index in [4.69, 9.17) is 5.73 Å². The minimum absolute atomic E-state index is 0.245. The number of aryl methyl sites for hydroxylation is 2. The summed E-state index contributed by atoms with van der Waals surface area (Å²) in [7, 11) is 0. The van der Waals surface area contributed by atoms with Gasteiger partial charge in [0, 0.05) is 0 Å². The second-order valence-corrected chi connectivity index (χ2v) is 4.73. The first-order valence-corrected chi connectivity index (χ1v) is 6.07. The molecule has 2 aromatic carbocycles. The fourth-order valence-electron chi connectivity index (χ4n) is 2.20. The molecule has 0 aliphatic rings. The van der Waals surface area contributed by atoms with Crippen molar-refractivity contribution in [2.24, 2.45) is 0 Å². The molecule has 0 bridgehead atoms. The number of anilines is 1. The number of hydrogen-bond donors (Lipinski definition) is 1. The van der Waals surface area contributed by atoms with Crippen molar-refractivity contribution in [2.75, 3.05) is 5.73 Å². The van der Waals surface area contributed by atoms with E-state index >= 15 is 0 Å². The summed E-state index contributed by atoms with van der Waals surface area (Å²) < 4.78 is 15.5. The maximum atomic E-state index is 13.7. The van der Waals surface area contributed by atoms with Crippen LogP contribution < -0.4 is 5.73 Å². The molecule has 0 amide bonds. The Morgan fingerprint density at radius 1 is 1.11 bits per heavy atom. The second-order valence-electron chi connectivity index (χ2n) is 4.73. The number of halogens is 1. The fraction of sp³-hybridized carbons (Fsp3) is 0.133. The Hall–Kier alpha value is -2.36. The highest BCUT2D eigenvalue weighted by atomic mass is 19.1. The lowest BCUT2D eigenvalue weighted by molar-refractivity contribution is 0.617. The van der Waals surface area contributed by atoms with Gasteiger partial charge in [0.2, 0.25) is 5.95 Å². The molecule has 0 spiro atoms. The van der Waals surface area contributed by atoms with Crippen molar-refractivity contribution >= 4 is 17.0 Å². The average Bonchev–Trinajstić information content (AvgIpc) is 2.68. The molecule has 96 valence electrons. The zero-order chi connectivity index (χ0) is 13.6. The van der Waals surface area contributed by atoms with E-state index in [1.54, 1.807) is 17.6 Å². The van der Waals surface area contributed by atoms with Gasteiger partial charge in [0.05, 0.1) is 16.7 Å². The molecular weight excluding hydrogens is 241 g/mol. The molecule has 0 unspecified atom stereocenters. The first kappa shape index (κ1) is 11.7. The van der Waals surface area contributed by atoms with E-state index in [2.05, 4.69) is 4.98 Å². The number of imidazole rings is 1. The lowest BCUT2D eigenvalue weighted by atomic mass is 10.2. The molecule has 0 saturated heterocycles. The molecule has 0 radical (unpaired) electrons. The van der Waals surface area contributed by atoms with E-state index in [0.717, 1.165) is 16.6 Å². The highest BCUT2D eigenvalue weighted by Gasteiger charge is 2.11. The van der Waals surface area contributed by atoms with Crippen LogP contribution in [0.25, 0.3) is 16.7 Å². The molecule has 3 rings (SSSR count). The van der Waals surface area contributed by atoms with Crippen LogP contribution in [-0.4, -0.2) is 9.55 Å². The average molecular weight is 255 g/mol. The molecule has 4 heteroatoms. The zero-order valence-corrected chi connectivity index (χ0v) is 10.8. The third-order valence-corrected chi connectivity index (χ3v) is 3.25. The molecule has 0 saturated carbocycles. The van der Waals surface area contributed by atoms with Crippen molar-refractivity contribution in [3.8, 4) is 5.69 Å². The molecule has 0 aliphatic heterocycles. The minimum Gasteiger partial charge on any atom is -0.369 e. The topological polar surface area (TPSA) is 43.8 Å². The van der Waals surface area contributed by atoms with E-state index in [9.17, 15) is 4.39 Å². The van der Waals surface area contributed by atoms with E-state index in [0.29, 0.717) is 17.2 Å². The first-order chi connectivity index (χ1) is 9.06. The van der Waals surface area contributed by atoms with Gasteiger partial charge < -0.3 is 5.73 Å². The smallest absolute Gasteiger partial charge is 0.205 e. The quantitative estimate of drug-likeness (QED) is 0.724. The molecule has 19 heavy (non-hydrogen) atoms. The Bertz CT molecular complexity index is 774. The van der Waals surface area contributed by atoms with Crippen molar-refractivity contribution in [1.29, 1.82) is 0 Å². The third-order valence-electron chi connectivity index (χ3n) is 3.25. The van der Waals surface area contributed by atoms with Crippen LogP contribution in [0.3, 0.4) is 0 Å². The standard InChI is InChI=1S/C15H14FN3/c1-9-3-6-14-13(7-9)18-15(17)19(14)11-5-4-10(2)12(16)8-11/h3-8H,1-2H3,(H2,17,18). The normalized spacial score (nSPS) is 11.1. The van der Waals surface area contributed by atoms with Crippen molar-refractivity contribution in [3.63, 3.8) is 0 Å². The summed E-state index contributed by atoms with van der Waals surface area (Å²) in [6, 6.07) is 11.0. The molecule has 1 heterocycles. The van der Waals surface area contributed by atoms with Gasteiger partial charge in [-0.15, -0.1) is 0 Å². The highest BCUT2D eigenvalue weighted by Crippen LogP contribution is 2.24. The van der Waals surface area contributed by atoms with Gasteiger partial charge in [0.15, 0.2) is 0 Å². The maximum absolute atomic E-state index is 13.7. The van der Waals surface area contributed by atoms with Crippen molar-refractivity contribution < 1.29 is 4.39 Å². The molecule has 0 atom stereocenters. The molecule has 1 aromatic heterocycles. The number of nitrogen functional groups attached to an aromatic ring is 1. The lowest BCUT2D eigenvalue weighted by Crippen LogP contribution is -2.01. The maximum Gasteiger partial charge on any atom is 0.205 e. The van der Waals surface area contributed by atoms with E-state index in [1.165, 1.54) is 6.07 Å². The van der Waals surface area contributed by atoms with E-state index < -0.39 is 0 Å². The monoisotopic (exact) mass is 255 g/mol. The van der Waals surface area contributed by atoms with Crippen LogP contribution in [0.5, 0.6) is 0 Å². The molecule has 3 nitrogen and oxygen atoms in total. The molecule has 2 N–H and O–H groups in total. The SMILES string of the molecule is Cc1ccc2c(c1)nc(N)n2-c1ccc(C)c(F)c1. The van der Waals surface area contributed by atoms with Crippen LogP contribution in [0.2, 0.25) is 0 Å². The van der Waals surface area contributed by atoms with Crippen molar-refractivity contribution in [3.05, 3.63) is 53.3 Å². The van der Waals surface area contributed by atoms with Gasteiger partial charge in [0.1, 0.15) is 5.82 Å². The number of nitrogens with zero attached hydrogens (tertiary/aromatic N) is 2. The minimum atomic E-state index is -0.245. The van der Waals surface area contributed by atoms with Crippen LogP contribution in [0.1, 0.15) is 11.1 Å². The van der Waals surface area contributed by atoms with Crippen LogP contribution in [0.4, 0.5) is 10.3 Å². The van der Waals surface area contributed by atoms with E-state index in [1.807, 2.05) is 31.2 Å². The third kappa shape index (κ3) is 1.85. The van der Waals surface area contributed by atoms with Crippen molar-refractivity contribution in [2.45, 2.75) is 13.8 Å². The first-order valence-electron chi connectivity index (χ1n) is 6.07. The summed E-state index contributed by atoms with van der Waals surface area (Å²) in [4.78, 5) is 4.32. The summed E-state index contributed by atoms with van der Waals surface area (Å²) in [5, 5.41) is 0. The number of rotatable bonds is 1. The van der Waals surface area contributed by atoms with Gasteiger partial charge in [-0.2, -0.15) is 0 Å². The summed E-state index contributed by atoms with van der Waals surface area (Å²) in [6.45, 7) is 3.73. The number of hydrogen-bond acceptors (Lipinski definition) is 2. The summed E-state index contributed by atoms with van der Waals surface area (Å²) in [6.07, 6.45) is 0. The van der Waals surface area contributed by atoms with Crippen LogP contribution in [-0.2, 0) is 0 Å². The van der Waals surface area contributed by atoms with Crippen LogP contribution in [0, 0.1) is 19.7 Å². The highest BCUT2D eigenvalue weighted by molar-refractivity contribution is 5.81. The number of fused-ring (bicyclic) bond motifs is 1. The summed E-state index contributed by atoms with van der Waals surface area (Å²) >= 11 is 0. The van der Waals surface area contributed by atoms with Gasteiger partial charge in [-0.3, -0.25) is 4.57 Å². The van der Waals surface area contributed by atoms with Crippen LogP contribution >= 0.6 is 0 Å². The Balaban J connectivity index is 2.29. The lowest BCUT2D eigenvalue weighted by Gasteiger charge is -2.07.